The van der Waals surface area contributed by atoms with E-state index in [2.05, 4.69) is 5.32 Å². The van der Waals surface area contributed by atoms with Crippen LogP contribution in [0.5, 0.6) is 0 Å². The number of thioether (sulfide) groups is 1. The fourth-order valence-electron chi connectivity index (χ4n) is 1.92. The molecule has 2 aromatic rings. The summed E-state index contributed by atoms with van der Waals surface area (Å²) in [5, 5.41) is 4.66. The molecule has 6 heteroatoms. The Morgan fingerprint density at radius 2 is 2.00 bits per heavy atom. The van der Waals surface area contributed by atoms with E-state index in [1.54, 1.807) is 30.0 Å². The Balaban J connectivity index is 1.65. The minimum Gasteiger partial charge on any atom is -0.462 e. The number of esters is 1. The number of nitrogens with one attached hydrogen (secondary N) is 1. The number of carbonyl (C=O) groups is 2. The lowest BCUT2D eigenvalue weighted by atomic mass is 10.1. The maximum Gasteiger partial charge on any atom is 0.338 e. The molecule has 0 fully saturated rings. The van der Waals surface area contributed by atoms with Gasteiger partial charge in [0.2, 0.25) is 0 Å². The highest BCUT2D eigenvalue weighted by molar-refractivity contribution is 7.97. The Labute approximate surface area is 144 Å². The largest absolute Gasteiger partial charge is 0.462 e. The quantitative estimate of drug-likeness (QED) is 0.584. The number of rotatable bonds is 8. The first-order valence-corrected chi connectivity index (χ1v) is 9.55. The number of hydrogen-bond donors (Lipinski definition) is 1. The van der Waals surface area contributed by atoms with E-state index in [-0.39, 0.29) is 18.5 Å². The second-order valence-electron chi connectivity index (χ2n) is 4.85. The summed E-state index contributed by atoms with van der Waals surface area (Å²) in [6.45, 7) is 0.771. The zero-order valence-electron chi connectivity index (χ0n) is 12.9. The molecule has 23 heavy (non-hydrogen) atoms. The number of benzene rings is 1. The summed E-state index contributed by atoms with van der Waals surface area (Å²) in [6.07, 6.45) is 2.63. The van der Waals surface area contributed by atoms with Crippen LogP contribution < -0.4 is 5.32 Å². The SMILES string of the molecule is CSCc1ccc(C(=O)OCCCNC(=O)c2cccs2)cc1. The number of hydrogen-bond acceptors (Lipinski definition) is 5. The van der Waals surface area contributed by atoms with E-state index in [0.29, 0.717) is 23.4 Å². The average Bonchev–Trinajstić information content (AvgIpc) is 3.10. The summed E-state index contributed by atoms with van der Waals surface area (Å²) >= 11 is 3.14. The van der Waals surface area contributed by atoms with E-state index in [9.17, 15) is 9.59 Å². The van der Waals surface area contributed by atoms with Gasteiger partial charge in [-0.25, -0.2) is 4.79 Å². The van der Waals surface area contributed by atoms with Crippen LogP contribution in [0, 0.1) is 0 Å². The lowest BCUT2D eigenvalue weighted by Crippen LogP contribution is -2.24. The van der Waals surface area contributed by atoms with Crippen LogP contribution in [0.4, 0.5) is 0 Å². The second-order valence-corrected chi connectivity index (χ2v) is 6.67. The van der Waals surface area contributed by atoms with Gasteiger partial charge in [0, 0.05) is 12.3 Å². The van der Waals surface area contributed by atoms with Gasteiger partial charge in [-0.05, 0) is 41.8 Å². The van der Waals surface area contributed by atoms with Gasteiger partial charge in [-0.3, -0.25) is 4.79 Å². The molecule has 1 N–H and O–H groups in total. The summed E-state index contributed by atoms with van der Waals surface area (Å²) in [5.74, 6) is 0.514. The van der Waals surface area contributed by atoms with Gasteiger partial charge >= 0.3 is 5.97 Å². The Bertz CT molecular complexity index is 624. The fourth-order valence-corrected chi connectivity index (χ4v) is 3.09. The van der Waals surface area contributed by atoms with Crippen molar-refractivity contribution in [3.05, 3.63) is 57.8 Å². The van der Waals surface area contributed by atoms with E-state index in [1.165, 1.54) is 16.9 Å². The van der Waals surface area contributed by atoms with Crippen LogP contribution in [-0.2, 0) is 10.5 Å². The van der Waals surface area contributed by atoms with Gasteiger partial charge in [0.05, 0.1) is 17.0 Å². The van der Waals surface area contributed by atoms with Gasteiger partial charge in [-0.1, -0.05) is 18.2 Å². The zero-order valence-corrected chi connectivity index (χ0v) is 14.5. The Morgan fingerprint density at radius 1 is 1.22 bits per heavy atom. The second kappa shape index (κ2) is 9.37. The maximum atomic E-state index is 11.9. The third-order valence-electron chi connectivity index (χ3n) is 3.09. The summed E-state index contributed by atoms with van der Waals surface area (Å²) in [5.41, 5.74) is 1.74. The van der Waals surface area contributed by atoms with E-state index in [0.717, 1.165) is 5.75 Å². The molecule has 4 nitrogen and oxygen atoms in total. The molecule has 122 valence electrons. The fraction of sp³-hybridized carbons (Fsp3) is 0.294. The van der Waals surface area contributed by atoms with Crippen LogP contribution in [-0.4, -0.2) is 31.3 Å². The summed E-state index contributed by atoms with van der Waals surface area (Å²) in [7, 11) is 0. The lowest BCUT2D eigenvalue weighted by Gasteiger charge is -2.06. The normalized spacial score (nSPS) is 10.3. The minimum absolute atomic E-state index is 0.0873. The van der Waals surface area contributed by atoms with Gasteiger partial charge in [0.15, 0.2) is 0 Å². The van der Waals surface area contributed by atoms with Gasteiger partial charge in [-0.2, -0.15) is 11.8 Å². The van der Waals surface area contributed by atoms with E-state index < -0.39 is 0 Å². The molecule has 0 bridgehead atoms. The average molecular weight is 349 g/mol. The standard InChI is InChI=1S/C17H19NO3S2/c1-22-12-13-5-7-14(8-6-13)17(20)21-10-3-9-18-16(19)15-4-2-11-23-15/h2,4-8,11H,3,9-10,12H2,1H3,(H,18,19). The predicted molar refractivity (Wildman–Crippen MR) is 95.2 cm³/mol. The van der Waals surface area contributed by atoms with Crippen LogP contribution in [0.15, 0.2) is 41.8 Å². The molecule has 1 aromatic carbocycles. The molecule has 0 saturated carbocycles. The van der Waals surface area contributed by atoms with Crippen molar-refractivity contribution < 1.29 is 14.3 Å². The highest BCUT2D eigenvalue weighted by Crippen LogP contribution is 2.11. The third kappa shape index (κ3) is 5.73. The molecule has 1 heterocycles. The first kappa shape index (κ1) is 17.6. The maximum absolute atomic E-state index is 11.9. The number of thiophene rings is 1. The molecule has 0 atom stereocenters. The molecule has 0 aliphatic heterocycles. The molecular formula is C17H19NO3S2. The molecular weight excluding hydrogens is 330 g/mol. The molecule has 0 unspecified atom stereocenters. The Kier molecular flexibility index (Phi) is 7.16. The van der Waals surface area contributed by atoms with Crippen molar-refractivity contribution in [1.82, 2.24) is 5.32 Å². The van der Waals surface area contributed by atoms with Crippen molar-refractivity contribution in [1.29, 1.82) is 0 Å². The number of amides is 1. The van der Waals surface area contributed by atoms with E-state index in [4.69, 9.17) is 4.74 Å². The number of carbonyl (C=O) groups excluding carboxylic acids is 2. The van der Waals surface area contributed by atoms with Gasteiger partial charge in [0.25, 0.3) is 5.91 Å². The molecule has 1 amide bonds. The Hall–Kier alpha value is -1.79. The minimum atomic E-state index is -0.328. The van der Waals surface area contributed by atoms with Crippen LogP contribution in [0.3, 0.4) is 0 Å². The third-order valence-corrected chi connectivity index (χ3v) is 4.58. The molecule has 0 saturated heterocycles. The van der Waals surface area contributed by atoms with Gasteiger partial charge in [-0.15, -0.1) is 11.3 Å². The molecule has 0 radical (unpaired) electrons. The van der Waals surface area contributed by atoms with Crippen molar-refractivity contribution >= 4 is 35.0 Å². The number of ether oxygens (including phenoxy) is 1. The monoisotopic (exact) mass is 349 g/mol. The zero-order chi connectivity index (χ0) is 16.5. The van der Waals surface area contributed by atoms with Crippen molar-refractivity contribution in [2.75, 3.05) is 19.4 Å². The summed E-state index contributed by atoms with van der Waals surface area (Å²) < 4.78 is 5.21. The van der Waals surface area contributed by atoms with Crippen molar-refractivity contribution in [2.45, 2.75) is 12.2 Å². The molecule has 1 aromatic heterocycles. The van der Waals surface area contributed by atoms with E-state index in [1.807, 2.05) is 29.8 Å². The smallest absolute Gasteiger partial charge is 0.338 e. The predicted octanol–water partition coefficient (Wildman–Crippen LogP) is 3.59. The molecule has 2 rings (SSSR count). The first-order valence-electron chi connectivity index (χ1n) is 7.27. The van der Waals surface area contributed by atoms with Crippen molar-refractivity contribution in [3.63, 3.8) is 0 Å². The summed E-state index contributed by atoms with van der Waals surface area (Å²) in [4.78, 5) is 24.3. The topological polar surface area (TPSA) is 55.4 Å². The lowest BCUT2D eigenvalue weighted by molar-refractivity contribution is 0.0501. The van der Waals surface area contributed by atoms with E-state index >= 15 is 0 Å². The Morgan fingerprint density at radius 3 is 2.65 bits per heavy atom. The summed E-state index contributed by atoms with van der Waals surface area (Å²) in [6, 6.07) is 11.1. The van der Waals surface area contributed by atoms with Crippen molar-refractivity contribution in [2.24, 2.45) is 0 Å². The molecule has 0 aliphatic carbocycles. The van der Waals surface area contributed by atoms with Gasteiger partial charge in [0.1, 0.15) is 0 Å². The van der Waals surface area contributed by atoms with Crippen LogP contribution >= 0.6 is 23.1 Å². The highest BCUT2D eigenvalue weighted by atomic mass is 32.2. The van der Waals surface area contributed by atoms with Crippen LogP contribution in [0.25, 0.3) is 0 Å². The molecule has 0 spiro atoms. The van der Waals surface area contributed by atoms with Crippen molar-refractivity contribution in [3.8, 4) is 0 Å². The van der Waals surface area contributed by atoms with Crippen LogP contribution in [0.1, 0.15) is 32.0 Å². The van der Waals surface area contributed by atoms with Gasteiger partial charge < -0.3 is 10.1 Å². The van der Waals surface area contributed by atoms with Crippen LogP contribution in [0.2, 0.25) is 0 Å². The highest BCUT2D eigenvalue weighted by Gasteiger charge is 2.08. The molecule has 0 aliphatic rings. The first-order chi connectivity index (χ1) is 11.2.